The molecule has 2 saturated heterocycles. The Morgan fingerprint density at radius 1 is 1.40 bits per heavy atom. The molecule has 0 saturated carbocycles. The number of amides is 1. The predicted molar refractivity (Wildman–Crippen MR) is 76.4 cm³/mol. The second-order valence-electron chi connectivity index (χ2n) is 5.69. The van der Waals surface area contributed by atoms with Gasteiger partial charge >= 0.3 is 0 Å². The van der Waals surface area contributed by atoms with Gasteiger partial charge in [-0.05, 0) is 5.92 Å². The minimum Gasteiger partial charge on any atom is -0.383 e. The van der Waals surface area contributed by atoms with Crippen LogP contribution in [-0.4, -0.2) is 80.9 Å². The predicted octanol–water partition coefficient (Wildman–Crippen LogP) is -0.471. The SMILES string of the molecule is CCC1CN(C(=O)C(N)COC)CC1N1CCOCC1. The zero-order valence-corrected chi connectivity index (χ0v) is 12.6. The van der Waals surface area contributed by atoms with Crippen LogP contribution in [0.2, 0.25) is 0 Å². The van der Waals surface area contributed by atoms with Gasteiger partial charge in [-0.25, -0.2) is 0 Å². The Hall–Kier alpha value is -0.690. The van der Waals surface area contributed by atoms with Crippen molar-refractivity contribution in [2.45, 2.75) is 25.4 Å². The normalized spacial score (nSPS) is 29.6. The lowest BCUT2D eigenvalue weighted by Crippen LogP contribution is -2.49. The third-order valence-corrected chi connectivity index (χ3v) is 4.42. The number of morpholine rings is 1. The molecule has 3 unspecified atom stereocenters. The minimum absolute atomic E-state index is 0.0149. The smallest absolute Gasteiger partial charge is 0.241 e. The summed E-state index contributed by atoms with van der Waals surface area (Å²) >= 11 is 0. The van der Waals surface area contributed by atoms with E-state index in [1.54, 1.807) is 7.11 Å². The summed E-state index contributed by atoms with van der Waals surface area (Å²) in [5, 5.41) is 0. The molecule has 2 heterocycles. The molecule has 0 aliphatic carbocycles. The molecule has 2 fully saturated rings. The molecule has 1 amide bonds. The number of hydrogen-bond donors (Lipinski definition) is 1. The Labute approximate surface area is 121 Å². The highest BCUT2D eigenvalue weighted by Crippen LogP contribution is 2.26. The fraction of sp³-hybridized carbons (Fsp3) is 0.929. The summed E-state index contributed by atoms with van der Waals surface area (Å²) in [5.41, 5.74) is 5.87. The van der Waals surface area contributed by atoms with Gasteiger partial charge in [0, 0.05) is 39.3 Å². The fourth-order valence-electron chi connectivity index (χ4n) is 3.24. The molecule has 3 atom stereocenters. The van der Waals surface area contributed by atoms with Gasteiger partial charge in [-0.1, -0.05) is 13.3 Å². The van der Waals surface area contributed by atoms with E-state index in [0.717, 1.165) is 45.8 Å². The van der Waals surface area contributed by atoms with Crippen LogP contribution in [-0.2, 0) is 14.3 Å². The zero-order chi connectivity index (χ0) is 14.5. The third kappa shape index (κ3) is 3.49. The van der Waals surface area contributed by atoms with Crippen molar-refractivity contribution >= 4 is 5.91 Å². The molecule has 2 rings (SSSR count). The fourth-order valence-corrected chi connectivity index (χ4v) is 3.24. The van der Waals surface area contributed by atoms with Crippen LogP contribution >= 0.6 is 0 Å². The van der Waals surface area contributed by atoms with Crippen molar-refractivity contribution in [1.82, 2.24) is 9.80 Å². The van der Waals surface area contributed by atoms with Gasteiger partial charge in [-0.2, -0.15) is 0 Å². The third-order valence-electron chi connectivity index (χ3n) is 4.42. The first-order valence-electron chi connectivity index (χ1n) is 7.52. The number of nitrogens with two attached hydrogens (primary N) is 1. The molecule has 2 N–H and O–H groups in total. The summed E-state index contributed by atoms with van der Waals surface area (Å²) in [4.78, 5) is 16.7. The summed E-state index contributed by atoms with van der Waals surface area (Å²) in [7, 11) is 1.57. The van der Waals surface area contributed by atoms with Crippen molar-refractivity contribution < 1.29 is 14.3 Å². The van der Waals surface area contributed by atoms with E-state index in [2.05, 4.69) is 11.8 Å². The maximum atomic E-state index is 12.3. The first kappa shape index (κ1) is 15.7. The molecule has 20 heavy (non-hydrogen) atoms. The molecule has 0 radical (unpaired) electrons. The molecule has 0 aromatic carbocycles. The van der Waals surface area contributed by atoms with Crippen LogP contribution in [0.3, 0.4) is 0 Å². The van der Waals surface area contributed by atoms with Gasteiger partial charge < -0.3 is 20.1 Å². The van der Waals surface area contributed by atoms with Crippen LogP contribution in [0.4, 0.5) is 0 Å². The van der Waals surface area contributed by atoms with E-state index in [4.69, 9.17) is 15.2 Å². The van der Waals surface area contributed by atoms with E-state index < -0.39 is 6.04 Å². The van der Waals surface area contributed by atoms with Crippen molar-refractivity contribution in [2.24, 2.45) is 11.7 Å². The molecule has 0 aromatic rings. The first-order chi connectivity index (χ1) is 9.67. The van der Waals surface area contributed by atoms with Gasteiger partial charge in [0.25, 0.3) is 0 Å². The van der Waals surface area contributed by atoms with Gasteiger partial charge in [0.15, 0.2) is 0 Å². The minimum atomic E-state index is -0.541. The Morgan fingerprint density at radius 2 is 2.10 bits per heavy atom. The van der Waals surface area contributed by atoms with Crippen LogP contribution in [0, 0.1) is 5.92 Å². The number of carbonyl (C=O) groups excluding carboxylic acids is 1. The Balaban J connectivity index is 1.96. The highest BCUT2D eigenvalue weighted by atomic mass is 16.5. The van der Waals surface area contributed by atoms with Crippen molar-refractivity contribution in [1.29, 1.82) is 0 Å². The number of hydrogen-bond acceptors (Lipinski definition) is 5. The molecule has 0 aromatic heterocycles. The number of rotatable bonds is 5. The highest BCUT2D eigenvalue weighted by molar-refractivity contribution is 5.82. The Kier molecular flexibility index (Phi) is 5.77. The second kappa shape index (κ2) is 7.36. The van der Waals surface area contributed by atoms with E-state index in [1.165, 1.54) is 0 Å². The molecule has 0 spiro atoms. The average Bonchev–Trinajstić information content (AvgIpc) is 2.91. The van der Waals surface area contributed by atoms with Gasteiger partial charge in [-0.3, -0.25) is 9.69 Å². The zero-order valence-electron chi connectivity index (χ0n) is 12.6. The van der Waals surface area contributed by atoms with Crippen LogP contribution in [0.25, 0.3) is 0 Å². The van der Waals surface area contributed by atoms with Crippen molar-refractivity contribution in [3.05, 3.63) is 0 Å². The average molecular weight is 285 g/mol. The standard InChI is InChI=1S/C14H27N3O3/c1-3-11-8-17(14(18)12(15)10-19-2)9-13(11)16-4-6-20-7-5-16/h11-13H,3-10,15H2,1-2H3. The summed E-state index contributed by atoms with van der Waals surface area (Å²) < 4.78 is 10.4. The van der Waals surface area contributed by atoms with Gasteiger partial charge in [0.05, 0.1) is 19.8 Å². The van der Waals surface area contributed by atoms with Gasteiger partial charge in [-0.15, -0.1) is 0 Å². The molecule has 6 heteroatoms. The van der Waals surface area contributed by atoms with Crippen LogP contribution < -0.4 is 5.73 Å². The van der Waals surface area contributed by atoms with Crippen molar-refractivity contribution in [3.63, 3.8) is 0 Å². The largest absolute Gasteiger partial charge is 0.383 e. The van der Waals surface area contributed by atoms with E-state index in [1.807, 2.05) is 4.90 Å². The van der Waals surface area contributed by atoms with Crippen LogP contribution in [0.15, 0.2) is 0 Å². The topological polar surface area (TPSA) is 68.0 Å². The number of ether oxygens (including phenoxy) is 2. The van der Waals surface area contributed by atoms with E-state index in [9.17, 15) is 4.79 Å². The quantitative estimate of drug-likeness (QED) is 0.739. The molecule has 116 valence electrons. The number of carbonyl (C=O) groups is 1. The Bertz CT molecular complexity index is 321. The number of nitrogens with zero attached hydrogens (tertiary/aromatic N) is 2. The summed E-state index contributed by atoms with van der Waals surface area (Å²) in [6, 6.07) is -0.0939. The molecular formula is C14H27N3O3. The van der Waals surface area contributed by atoms with Crippen molar-refractivity contribution in [3.8, 4) is 0 Å². The monoisotopic (exact) mass is 285 g/mol. The van der Waals surface area contributed by atoms with Crippen LogP contribution in [0.5, 0.6) is 0 Å². The maximum absolute atomic E-state index is 12.3. The highest BCUT2D eigenvalue weighted by Gasteiger charge is 2.39. The lowest BCUT2D eigenvalue weighted by atomic mass is 9.99. The summed E-state index contributed by atoms with van der Waals surface area (Å²) in [6.45, 7) is 7.60. The summed E-state index contributed by atoms with van der Waals surface area (Å²) in [5.74, 6) is 0.549. The number of likely N-dealkylation sites (tertiary alicyclic amines) is 1. The molecule has 6 nitrogen and oxygen atoms in total. The van der Waals surface area contributed by atoms with E-state index >= 15 is 0 Å². The van der Waals surface area contributed by atoms with Crippen LogP contribution in [0.1, 0.15) is 13.3 Å². The second-order valence-corrected chi connectivity index (χ2v) is 5.69. The van der Waals surface area contributed by atoms with E-state index in [0.29, 0.717) is 12.0 Å². The Morgan fingerprint density at radius 3 is 2.70 bits per heavy atom. The van der Waals surface area contributed by atoms with Gasteiger partial charge in [0.1, 0.15) is 6.04 Å². The molecule has 0 bridgehead atoms. The van der Waals surface area contributed by atoms with Gasteiger partial charge in [0.2, 0.25) is 5.91 Å². The number of methoxy groups -OCH3 is 1. The molecule has 2 aliphatic heterocycles. The van der Waals surface area contributed by atoms with Crippen molar-refractivity contribution in [2.75, 3.05) is 53.1 Å². The van der Waals surface area contributed by atoms with E-state index in [-0.39, 0.29) is 12.5 Å². The molecule has 2 aliphatic rings. The lowest BCUT2D eigenvalue weighted by molar-refractivity contribution is -0.133. The maximum Gasteiger partial charge on any atom is 0.241 e. The molecular weight excluding hydrogens is 258 g/mol. The first-order valence-corrected chi connectivity index (χ1v) is 7.52. The lowest BCUT2D eigenvalue weighted by Gasteiger charge is -2.34. The summed E-state index contributed by atoms with van der Waals surface area (Å²) in [6.07, 6.45) is 1.09.